The van der Waals surface area contributed by atoms with Crippen LogP contribution >= 0.6 is 11.3 Å². The summed E-state index contributed by atoms with van der Waals surface area (Å²) in [7, 11) is 1.73. The Morgan fingerprint density at radius 2 is 2.00 bits per heavy atom. The number of rotatable bonds is 8. The van der Waals surface area contributed by atoms with Gasteiger partial charge in [0, 0.05) is 51.6 Å². The van der Waals surface area contributed by atoms with Crippen LogP contribution in [0.4, 0.5) is 9.93 Å². The predicted octanol–water partition coefficient (Wildman–Crippen LogP) is 2.15. The summed E-state index contributed by atoms with van der Waals surface area (Å²) in [5.74, 6) is -0.164. The van der Waals surface area contributed by atoms with E-state index in [4.69, 9.17) is 4.74 Å². The topological polar surface area (TPSA) is 86.8 Å². The van der Waals surface area contributed by atoms with E-state index in [-0.39, 0.29) is 24.9 Å². The standard InChI is InChI=1S/C20H27N5O3S/c1-24(13-16-5-3-2-4-6-16)20(27)21-8-7-18(26)23-19-22-17(15-29-19)14-25-9-11-28-12-10-25/h2-6,15H,7-14H2,1H3,(H,21,27)(H,22,23,26). The first-order valence-electron chi connectivity index (χ1n) is 9.67. The SMILES string of the molecule is CN(Cc1ccccc1)C(=O)NCCC(=O)Nc1nc(CN2CCOCC2)cs1. The fraction of sp³-hybridized carbons (Fsp3) is 0.450. The van der Waals surface area contributed by atoms with Crippen LogP contribution in [0.2, 0.25) is 0 Å². The van der Waals surface area contributed by atoms with Crippen molar-refractivity contribution in [3.05, 3.63) is 47.0 Å². The summed E-state index contributed by atoms with van der Waals surface area (Å²) < 4.78 is 5.34. The zero-order valence-corrected chi connectivity index (χ0v) is 17.4. The van der Waals surface area contributed by atoms with Gasteiger partial charge in [-0.3, -0.25) is 9.69 Å². The third kappa shape index (κ3) is 7.12. The highest BCUT2D eigenvalue weighted by Gasteiger charge is 2.14. The van der Waals surface area contributed by atoms with E-state index in [1.807, 2.05) is 35.7 Å². The van der Waals surface area contributed by atoms with Crippen molar-refractivity contribution in [3.8, 4) is 0 Å². The van der Waals surface area contributed by atoms with Gasteiger partial charge >= 0.3 is 6.03 Å². The molecule has 2 heterocycles. The maximum Gasteiger partial charge on any atom is 0.317 e. The molecule has 1 saturated heterocycles. The average molecular weight is 418 g/mol. The monoisotopic (exact) mass is 417 g/mol. The van der Waals surface area contributed by atoms with Gasteiger partial charge in [-0.25, -0.2) is 9.78 Å². The number of morpholine rings is 1. The quantitative estimate of drug-likeness (QED) is 0.687. The van der Waals surface area contributed by atoms with E-state index in [0.29, 0.717) is 11.7 Å². The third-order valence-electron chi connectivity index (χ3n) is 4.52. The van der Waals surface area contributed by atoms with Crippen molar-refractivity contribution in [2.45, 2.75) is 19.5 Å². The number of thiazole rings is 1. The highest BCUT2D eigenvalue weighted by Crippen LogP contribution is 2.17. The number of nitrogens with zero attached hydrogens (tertiary/aromatic N) is 3. The maximum atomic E-state index is 12.1. The number of nitrogens with one attached hydrogen (secondary N) is 2. The lowest BCUT2D eigenvalue weighted by molar-refractivity contribution is -0.116. The van der Waals surface area contributed by atoms with Crippen LogP contribution in [-0.4, -0.2) is 66.6 Å². The molecular weight excluding hydrogens is 390 g/mol. The summed E-state index contributed by atoms with van der Waals surface area (Å²) in [5, 5.41) is 8.12. The number of carbonyl (C=O) groups is 2. The zero-order valence-electron chi connectivity index (χ0n) is 16.6. The lowest BCUT2D eigenvalue weighted by Gasteiger charge is -2.25. The molecule has 9 heteroatoms. The highest BCUT2D eigenvalue weighted by molar-refractivity contribution is 7.13. The van der Waals surface area contributed by atoms with Gasteiger partial charge in [-0.1, -0.05) is 30.3 Å². The van der Waals surface area contributed by atoms with Crippen molar-refractivity contribution in [2.24, 2.45) is 0 Å². The second kappa shape index (κ2) is 10.9. The predicted molar refractivity (Wildman–Crippen MR) is 113 cm³/mol. The van der Waals surface area contributed by atoms with Crippen LogP contribution in [0.25, 0.3) is 0 Å². The molecule has 1 aliphatic heterocycles. The molecule has 3 amide bonds. The highest BCUT2D eigenvalue weighted by atomic mass is 32.1. The first-order chi connectivity index (χ1) is 14.1. The number of urea groups is 1. The van der Waals surface area contributed by atoms with Gasteiger partial charge in [-0.2, -0.15) is 0 Å². The van der Waals surface area contributed by atoms with Gasteiger partial charge in [0.05, 0.1) is 18.9 Å². The van der Waals surface area contributed by atoms with E-state index < -0.39 is 0 Å². The Balaban J connectivity index is 1.35. The lowest BCUT2D eigenvalue weighted by atomic mass is 10.2. The molecule has 29 heavy (non-hydrogen) atoms. The first kappa shape index (κ1) is 21.2. The Hall–Kier alpha value is -2.49. The number of amides is 3. The largest absolute Gasteiger partial charge is 0.379 e. The molecule has 0 radical (unpaired) electrons. The van der Waals surface area contributed by atoms with Crippen molar-refractivity contribution in [1.29, 1.82) is 0 Å². The smallest absolute Gasteiger partial charge is 0.317 e. The number of carbonyl (C=O) groups excluding carboxylic acids is 2. The molecule has 8 nitrogen and oxygen atoms in total. The Bertz CT molecular complexity index is 792. The minimum absolute atomic E-state index is 0.164. The van der Waals surface area contributed by atoms with Gasteiger partial charge in [0.1, 0.15) is 0 Å². The minimum atomic E-state index is -0.205. The summed E-state index contributed by atoms with van der Waals surface area (Å²) in [6, 6.07) is 9.56. The fourth-order valence-corrected chi connectivity index (χ4v) is 3.67. The van der Waals surface area contributed by atoms with Gasteiger partial charge in [0.15, 0.2) is 5.13 Å². The molecule has 1 aromatic carbocycles. The van der Waals surface area contributed by atoms with Crippen molar-refractivity contribution in [1.82, 2.24) is 20.1 Å². The molecular formula is C20H27N5O3S. The molecule has 0 aliphatic carbocycles. The molecule has 156 valence electrons. The van der Waals surface area contributed by atoms with Crippen molar-refractivity contribution in [3.63, 3.8) is 0 Å². The summed E-state index contributed by atoms with van der Waals surface area (Å²) in [6.07, 6.45) is 0.198. The zero-order chi connectivity index (χ0) is 20.5. The lowest BCUT2D eigenvalue weighted by Crippen LogP contribution is -2.38. The Labute approximate surface area is 174 Å². The van der Waals surface area contributed by atoms with E-state index in [1.54, 1.807) is 11.9 Å². The van der Waals surface area contributed by atoms with Crippen LogP contribution in [0.1, 0.15) is 17.7 Å². The number of benzene rings is 1. The maximum absolute atomic E-state index is 12.1. The van der Waals surface area contributed by atoms with Crippen LogP contribution in [0.15, 0.2) is 35.7 Å². The molecule has 0 saturated carbocycles. The molecule has 0 atom stereocenters. The van der Waals surface area contributed by atoms with E-state index >= 15 is 0 Å². The van der Waals surface area contributed by atoms with E-state index in [9.17, 15) is 9.59 Å². The molecule has 3 rings (SSSR count). The Morgan fingerprint density at radius 3 is 2.76 bits per heavy atom. The molecule has 2 aromatic rings. The van der Waals surface area contributed by atoms with Crippen LogP contribution < -0.4 is 10.6 Å². The van der Waals surface area contributed by atoms with Crippen molar-refractivity contribution >= 4 is 28.4 Å². The van der Waals surface area contributed by atoms with Crippen molar-refractivity contribution in [2.75, 3.05) is 45.2 Å². The first-order valence-corrected chi connectivity index (χ1v) is 10.6. The van der Waals surface area contributed by atoms with Gasteiger partial charge in [0.2, 0.25) is 5.91 Å². The second-order valence-electron chi connectivity index (χ2n) is 6.90. The average Bonchev–Trinajstić information content (AvgIpc) is 3.16. The van der Waals surface area contributed by atoms with Crippen LogP contribution in [0.5, 0.6) is 0 Å². The second-order valence-corrected chi connectivity index (χ2v) is 7.76. The van der Waals surface area contributed by atoms with Gasteiger partial charge in [-0.05, 0) is 5.56 Å². The molecule has 1 aromatic heterocycles. The van der Waals surface area contributed by atoms with Gasteiger partial charge in [0.25, 0.3) is 0 Å². The number of anilines is 1. The van der Waals surface area contributed by atoms with Gasteiger partial charge in [-0.15, -0.1) is 11.3 Å². The number of ether oxygens (including phenoxy) is 1. The van der Waals surface area contributed by atoms with E-state index in [0.717, 1.165) is 44.1 Å². The van der Waals surface area contributed by atoms with Gasteiger partial charge < -0.3 is 20.3 Å². The Kier molecular flexibility index (Phi) is 7.97. The summed E-state index contributed by atoms with van der Waals surface area (Å²) in [4.78, 5) is 32.6. The molecule has 2 N–H and O–H groups in total. The third-order valence-corrected chi connectivity index (χ3v) is 5.33. The fourth-order valence-electron chi connectivity index (χ4n) is 2.95. The molecule has 0 bridgehead atoms. The molecule has 1 aliphatic rings. The van der Waals surface area contributed by atoms with Crippen LogP contribution in [0.3, 0.4) is 0 Å². The number of aromatic nitrogens is 1. The minimum Gasteiger partial charge on any atom is -0.379 e. The number of hydrogen-bond donors (Lipinski definition) is 2. The Morgan fingerprint density at radius 1 is 1.24 bits per heavy atom. The molecule has 1 fully saturated rings. The van der Waals surface area contributed by atoms with E-state index in [1.165, 1.54) is 11.3 Å². The summed E-state index contributed by atoms with van der Waals surface area (Å²) in [6.45, 7) is 4.86. The van der Waals surface area contributed by atoms with Crippen LogP contribution in [0, 0.1) is 0 Å². The summed E-state index contributed by atoms with van der Waals surface area (Å²) in [5.41, 5.74) is 2.00. The van der Waals surface area contributed by atoms with Crippen molar-refractivity contribution < 1.29 is 14.3 Å². The summed E-state index contributed by atoms with van der Waals surface area (Å²) >= 11 is 1.42. The number of hydrogen-bond acceptors (Lipinski definition) is 6. The molecule has 0 spiro atoms. The van der Waals surface area contributed by atoms with Crippen LogP contribution in [-0.2, 0) is 22.6 Å². The normalized spacial score (nSPS) is 14.4. The van der Waals surface area contributed by atoms with E-state index in [2.05, 4.69) is 20.5 Å². The molecule has 0 unspecified atom stereocenters.